The van der Waals surface area contributed by atoms with Gasteiger partial charge in [0.15, 0.2) is 0 Å². The van der Waals surface area contributed by atoms with E-state index in [0.717, 1.165) is 17.8 Å². The molecule has 0 saturated carbocycles. The van der Waals surface area contributed by atoms with E-state index in [0.29, 0.717) is 0 Å². The maximum absolute atomic E-state index is 3.93. The molecule has 1 aliphatic rings. The maximum Gasteiger partial charge on any atom is 0.0517 e. The molecule has 0 fully saturated rings. The summed E-state index contributed by atoms with van der Waals surface area (Å²) < 4.78 is 0. The molecule has 1 aliphatic heterocycles. The van der Waals surface area contributed by atoms with Crippen molar-refractivity contribution in [2.45, 2.75) is 18.5 Å². The van der Waals surface area contributed by atoms with Gasteiger partial charge in [-0.2, -0.15) is 0 Å². The Balaban J connectivity index is 1.08. The summed E-state index contributed by atoms with van der Waals surface area (Å²) in [5, 5.41) is 15.4. The average Bonchev–Trinajstić information content (AvgIpc) is 3.18. The second-order valence-electron chi connectivity index (χ2n) is 13.0. The van der Waals surface area contributed by atoms with Crippen LogP contribution in [0.25, 0.3) is 49.0 Å². The van der Waals surface area contributed by atoms with Crippen molar-refractivity contribution in [3.8, 4) is 11.1 Å². The van der Waals surface area contributed by atoms with Crippen LogP contribution < -0.4 is 10.6 Å². The maximum atomic E-state index is 3.93. The topological polar surface area (TPSA) is 24.1 Å². The number of benzene rings is 8. The number of para-hydroxylation sites is 1. The van der Waals surface area contributed by atoms with E-state index in [1.807, 2.05) is 0 Å². The van der Waals surface area contributed by atoms with E-state index >= 15 is 0 Å². The van der Waals surface area contributed by atoms with Crippen LogP contribution in [0.1, 0.15) is 35.2 Å². The van der Waals surface area contributed by atoms with E-state index < -0.39 is 0 Å². The Morgan fingerprint density at radius 1 is 0.490 bits per heavy atom. The average molecular weight is 629 g/mol. The van der Waals surface area contributed by atoms with Crippen LogP contribution in [0.2, 0.25) is 0 Å². The van der Waals surface area contributed by atoms with Gasteiger partial charge in [0.2, 0.25) is 0 Å². The molecule has 0 spiro atoms. The summed E-state index contributed by atoms with van der Waals surface area (Å²) in [5.74, 6) is 0. The molecule has 9 rings (SSSR count). The van der Waals surface area contributed by atoms with Crippen LogP contribution in [0.15, 0.2) is 182 Å². The highest BCUT2D eigenvalue weighted by Crippen LogP contribution is 2.42. The summed E-state index contributed by atoms with van der Waals surface area (Å²) >= 11 is 0. The van der Waals surface area contributed by atoms with Crippen molar-refractivity contribution >= 4 is 49.3 Å². The molecule has 2 atom stereocenters. The summed E-state index contributed by atoms with van der Waals surface area (Å²) in [6.45, 7) is 0. The normalized spacial score (nSPS) is 16.1. The molecule has 0 bridgehead atoms. The van der Waals surface area contributed by atoms with E-state index in [4.69, 9.17) is 0 Å². The van der Waals surface area contributed by atoms with Gasteiger partial charge in [0.1, 0.15) is 0 Å². The van der Waals surface area contributed by atoms with Crippen molar-refractivity contribution in [2.24, 2.45) is 0 Å². The molecule has 1 heterocycles. The van der Waals surface area contributed by atoms with Crippen LogP contribution in [0.4, 0.5) is 11.4 Å². The minimum atomic E-state index is 0.104. The molecule has 0 aromatic heterocycles. The summed E-state index contributed by atoms with van der Waals surface area (Å²) in [6.07, 6.45) is 3.36. The number of anilines is 2. The smallest absolute Gasteiger partial charge is 0.0517 e. The van der Waals surface area contributed by atoms with E-state index in [-0.39, 0.29) is 12.1 Å². The third-order valence-electron chi connectivity index (χ3n) is 10.0. The molecule has 49 heavy (non-hydrogen) atoms. The van der Waals surface area contributed by atoms with E-state index in [2.05, 4.69) is 193 Å². The molecule has 2 N–H and O–H groups in total. The van der Waals surface area contributed by atoms with Crippen molar-refractivity contribution in [3.63, 3.8) is 0 Å². The quantitative estimate of drug-likeness (QED) is 0.179. The van der Waals surface area contributed by atoms with Gasteiger partial charge in [-0.15, -0.1) is 0 Å². The first-order chi connectivity index (χ1) is 24.3. The fraction of sp³-hybridized carbons (Fsp3) is 0.0638. The Kier molecular flexibility index (Phi) is 7.49. The van der Waals surface area contributed by atoms with Gasteiger partial charge in [-0.1, -0.05) is 158 Å². The molecule has 2 heteroatoms. The van der Waals surface area contributed by atoms with Gasteiger partial charge in [-0.05, 0) is 90.8 Å². The van der Waals surface area contributed by atoms with Gasteiger partial charge in [0.05, 0.1) is 6.04 Å². The van der Waals surface area contributed by atoms with Crippen LogP contribution >= 0.6 is 0 Å². The predicted octanol–water partition coefficient (Wildman–Crippen LogP) is 12.4. The van der Waals surface area contributed by atoms with Gasteiger partial charge in [0.25, 0.3) is 0 Å². The molecule has 8 aromatic rings. The summed E-state index contributed by atoms with van der Waals surface area (Å²) in [6, 6.07) is 64.0. The van der Waals surface area contributed by atoms with Crippen LogP contribution in [0.5, 0.6) is 0 Å². The van der Waals surface area contributed by atoms with Crippen LogP contribution in [-0.4, -0.2) is 0 Å². The second kappa shape index (κ2) is 12.6. The number of hydrogen-bond donors (Lipinski definition) is 2. The number of rotatable bonds is 6. The van der Waals surface area contributed by atoms with Crippen LogP contribution in [0.3, 0.4) is 0 Å². The van der Waals surface area contributed by atoms with Crippen molar-refractivity contribution in [1.82, 2.24) is 5.32 Å². The first-order valence-corrected chi connectivity index (χ1v) is 17.2. The Morgan fingerprint density at radius 3 is 1.98 bits per heavy atom. The van der Waals surface area contributed by atoms with E-state index in [1.165, 1.54) is 65.7 Å². The molecular formula is C47H36N2. The third kappa shape index (κ3) is 5.57. The van der Waals surface area contributed by atoms with Gasteiger partial charge in [0, 0.05) is 23.0 Å². The zero-order chi connectivity index (χ0) is 32.6. The minimum Gasteiger partial charge on any atom is -0.355 e. The largest absolute Gasteiger partial charge is 0.355 e. The molecule has 234 valence electrons. The van der Waals surface area contributed by atoms with Gasteiger partial charge in [-0.25, -0.2) is 0 Å². The van der Waals surface area contributed by atoms with Gasteiger partial charge in [-0.3, -0.25) is 5.32 Å². The fourth-order valence-corrected chi connectivity index (χ4v) is 7.62. The van der Waals surface area contributed by atoms with Gasteiger partial charge >= 0.3 is 0 Å². The standard InChI is InChI=1S/C47H36N2/c1-3-13-32(14-4-1)37-30-45(34-16-5-2-6-17-34)49-46(31-37)35-23-26-38(27-24-35)48-44-22-12-11-21-41(44)43-29-36-18-8-9-19-39(36)42-28-25-33-15-7-10-20-40(33)47(42)43/h1-29,31,45-46,48-49H,30H2. The third-order valence-corrected chi connectivity index (χ3v) is 10.0. The van der Waals surface area contributed by atoms with Gasteiger partial charge < -0.3 is 5.32 Å². The van der Waals surface area contributed by atoms with Crippen LogP contribution in [-0.2, 0) is 0 Å². The summed E-state index contributed by atoms with van der Waals surface area (Å²) in [7, 11) is 0. The van der Waals surface area contributed by atoms with Crippen molar-refractivity contribution in [1.29, 1.82) is 0 Å². The Labute approximate surface area is 287 Å². The first kappa shape index (κ1) is 29.2. The van der Waals surface area contributed by atoms with Crippen molar-refractivity contribution in [2.75, 3.05) is 5.32 Å². The van der Waals surface area contributed by atoms with E-state index in [9.17, 15) is 0 Å². The van der Waals surface area contributed by atoms with Crippen LogP contribution in [0, 0.1) is 0 Å². The lowest BCUT2D eigenvalue weighted by Crippen LogP contribution is -2.29. The highest BCUT2D eigenvalue weighted by atomic mass is 15.0. The molecule has 0 amide bonds. The minimum absolute atomic E-state index is 0.104. The lowest BCUT2D eigenvalue weighted by Gasteiger charge is -2.31. The molecule has 0 radical (unpaired) electrons. The summed E-state index contributed by atoms with van der Waals surface area (Å²) in [5.41, 5.74) is 9.82. The molecule has 2 unspecified atom stereocenters. The zero-order valence-corrected chi connectivity index (χ0v) is 27.2. The molecular weight excluding hydrogens is 593 g/mol. The Morgan fingerprint density at radius 2 is 1.16 bits per heavy atom. The molecule has 0 aliphatic carbocycles. The highest BCUT2D eigenvalue weighted by Gasteiger charge is 2.25. The SMILES string of the molecule is C1=C(c2ccccc2)CC(c2ccccc2)NC1c1ccc(Nc2ccccc2-c2cc3ccccc3c3ccc4ccccc4c23)cc1. The Hall–Kier alpha value is -5.96. The van der Waals surface area contributed by atoms with Crippen molar-refractivity contribution < 1.29 is 0 Å². The number of hydrogen-bond acceptors (Lipinski definition) is 2. The first-order valence-electron chi connectivity index (χ1n) is 17.2. The van der Waals surface area contributed by atoms with Crippen molar-refractivity contribution in [3.05, 3.63) is 199 Å². The number of nitrogens with one attached hydrogen (secondary N) is 2. The molecule has 0 saturated heterocycles. The highest BCUT2D eigenvalue weighted by molar-refractivity contribution is 6.23. The Bertz CT molecular complexity index is 2460. The lowest BCUT2D eigenvalue weighted by atomic mass is 9.87. The van der Waals surface area contributed by atoms with E-state index in [1.54, 1.807) is 0 Å². The second-order valence-corrected chi connectivity index (χ2v) is 13.0. The predicted molar refractivity (Wildman–Crippen MR) is 208 cm³/mol. The molecule has 8 aromatic carbocycles. The monoisotopic (exact) mass is 628 g/mol. The lowest BCUT2D eigenvalue weighted by molar-refractivity contribution is 0.483. The summed E-state index contributed by atoms with van der Waals surface area (Å²) in [4.78, 5) is 0. The number of fused-ring (bicyclic) bond motifs is 5. The zero-order valence-electron chi connectivity index (χ0n) is 27.2. The fourth-order valence-electron chi connectivity index (χ4n) is 7.62. The molecule has 2 nitrogen and oxygen atoms in total.